The number of rotatable bonds is 3. The molecule has 3 aromatic rings. The van der Waals surface area contributed by atoms with E-state index in [-0.39, 0.29) is 22.9 Å². The van der Waals surface area contributed by atoms with Crippen LogP contribution < -0.4 is 10.3 Å². The molecule has 0 atom stereocenters. The fourth-order valence-electron chi connectivity index (χ4n) is 3.69. The number of para-hydroxylation sites is 3. The van der Waals surface area contributed by atoms with Crippen molar-refractivity contribution in [1.29, 1.82) is 0 Å². The van der Waals surface area contributed by atoms with Crippen molar-refractivity contribution < 1.29 is 14.5 Å². The summed E-state index contributed by atoms with van der Waals surface area (Å²) in [5.74, 6) is -0.0333. The van der Waals surface area contributed by atoms with E-state index in [1.807, 2.05) is 30.3 Å². The number of nitrogens with one attached hydrogen (secondary N) is 1. The highest BCUT2D eigenvalue weighted by Gasteiger charge is 2.28. The molecule has 0 spiro atoms. The number of carbonyl (C=O) groups is 1. The van der Waals surface area contributed by atoms with Gasteiger partial charge in [-0.1, -0.05) is 30.3 Å². The second kappa shape index (κ2) is 7.75. The van der Waals surface area contributed by atoms with Crippen LogP contribution in [0.1, 0.15) is 24.3 Å². The van der Waals surface area contributed by atoms with Crippen molar-refractivity contribution >= 4 is 22.7 Å². The zero-order chi connectivity index (χ0) is 20.4. The lowest BCUT2D eigenvalue weighted by molar-refractivity contribution is -0.385. The van der Waals surface area contributed by atoms with Crippen LogP contribution in [0.3, 0.4) is 0 Å². The lowest BCUT2D eigenvalue weighted by Crippen LogP contribution is -2.40. The Bertz CT molecular complexity index is 1130. The van der Waals surface area contributed by atoms with Gasteiger partial charge in [-0.3, -0.25) is 14.9 Å². The standard InChI is InChI=1S/C21H19N3O5/c25-20-16(13-15-5-1-2-6-17(15)22-20)14-9-11-23(12-10-14)21(26)29-19-8-4-3-7-18(19)24(27)28/h1-8,13-14H,9-12H2,(H,22,25). The van der Waals surface area contributed by atoms with Gasteiger partial charge in [0, 0.05) is 30.2 Å². The van der Waals surface area contributed by atoms with Crippen molar-refractivity contribution in [2.24, 2.45) is 0 Å². The Balaban J connectivity index is 1.45. The number of piperidine rings is 1. The number of amides is 1. The van der Waals surface area contributed by atoms with Gasteiger partial charge >= 0.3 is 11.8 Å². The summed E-state index contributed by atoms with van der Waals surface area (Å²) in [6.45, 7) is 0.826. The van der Waals surface area contributed by atoms with E-state index in [0.29, 0.717) is 25.9 Å². The average molecular weight is 393 g/mol. The van der Waals surface area contributed by atoms with Crippen LogP contribution in [0, 0.1) is 10.1 Å². The number of benzene rings is 2. The predicted molar refractivity (Wildman–Crippen MR) is 107 cm³/mol. The highest BCUT2D eigenvalue weighted by atomic mass is 16.6. The number of nitrogens with zero attached hydrogens (tertiary/aromatic N) is 2. The van der Waals surface area contributed by atoms with Crippen molar-refractivity contribution in [3.8, 4) is 5.75 Å². The molecule has 1 fully saturated rings. The molecule has 8 nitrogen and oxygen atoms in total. The molecule has 0 bridgehead atoms. The molecular formula is C21H19N3O5. The Morgan fingerprint density at radius 3 is 2.55 bits per heavy atom. The highest BCUT2D eigenvalue weighted by molar-refractivity contribution is 5.79. The van der Waals surface area contributed by atoms with E-state index < -0.39 is 11.0 Å². The molecule has 1 aliphatic rings. The molecule has 1 amide bonds. The number of carbonyl (C=O) groups excluding carboxylic acids is 1. The zero-order valence-electron chi connectivity index (χ0n) is 15.5. The molecular weight excluding hydrogens is 374 g/mol. The summed E-state index contributed by atoms with van der Waals surface area (Å²) in [6, 6.07) is 15.3. The summed E-state index contributed by atoms with van der Waals surface area (Å²) in [6.07, 6.45) is 0.617. The number of H-pyrrole nitrogens is 1. The van der Waals surface area contributed by atoms with Crippen molar-refractivity contribution in [2.45, 2.75) is 18.8 Å². The highest BCUT2D eigenvalue weighted by Crippen LogP contribution is 2.30. The first-order valence-electron chi connectivity index (χ1n) is 9.35. The normalized spacial score (nSPS) is 14.7. The number of aromatic amines is 1. The van der Waals surface area contributed by atoms with E-state index in [9.17, 15) is 19.7 Å². The summed E-state index contributed by atoms with van der Waals surface area (Å²) in [5.41, 5.74) is 1.16. The summed E-state index contributed by atoms with van der Waals surface area (Å²) in [4.78, 5) is 39.8. The number of aromatic nitrogens is 1. The van der Waals surface area contributed by atoms with Crippen LogP contribution in [0.5, 0.6) is 5.75 Å². The molecule has 0 unspecified atom stereocenters. The lowest BCUT2D eigenvalue weighted by Gasteiger charge is -2.31. The van der Waals surface area contributed by atoms with Gasteiger partial charge in [0.1, 0.15) is 0 Å². The molecule has 2 aromatic carbocycles. The number of likely N-dealkylation sites (tertiary alicyclic amines) is 1. The molecule has 1 saturated heterocycles. The minimum Gasteiger partial charge on any atom is -0.403 e. The number of nitro benzene ring substituents is 1. The second-order valence-electron chi connectivity index (χ2n) is 7.00. The third-order valence-corrected chi connectivity index (χ3v) is 5.23. The van der Waals surface area contributed by atoms with Gasteiger partial charge in [0.05, 0.1) is 4.92 Å². The van der Waals surface area contributed by atoms with Crippen LogP contribution in [-0.4, -0.2) is 34.0 Å². The van der Waals surface area contributed by atoms with Gasteiger partial charge in [-0.2, -0.15) is 0 Å². The summed E-state index contributed by atoms with van der Waals surface area (Å²) in [5, 5.41) is 12.0. The first kappa shape index (κ1) is 18.7. The third-order valence-electron chi connectivity index (χ3n) is 5.23. The smallest absolute Gasteiger partial charge is 0.403 e. The van der Waals surface area contributed by atoms with E-state index in [0.717, 1.165) is 16.5 Å². The average Bonchev–Trinajstić information content (AvgIpc) is 2.73. The summed E-state index contributed by atoms with van der Waals surface area (Å²) in [7, 11) is 0. The maximum absolute atomic E-state index is 12.5. The van der Waals surface area contributed by atoms with Gasteiger partial charge in [-0.05, 0) is 42.3 Å². The fraction of sp³-hybridized carbons (Fsp3) is 0.238. The Labute approximate surface area is 165 Å². The van der Waals surface area contributed by atoms with Gasteiger partial charge < -0.3 is 14.6 Å². The molecule has 0 radical (unpaired) electrons. The molecule has 1 N–H and O–H groups in total. The first-order chi connectivity index (χ1) is 14.0. The van der Waals surface area contributed by atoms with Crippen molar-refractivity contribution in [2.75, 3.05) is 13.1 Å². The number of ether oxygens (including phenoxy) is 1. The SMILES string of the molecule is O=C(Oc1ccccc1[N+](=O)[O-])N1CCC(c2cc3ccccc3[nH]c2=O)CC1. The van der Waals surface area contributed by atoms with Gasteiger partial charge in [0.25, 0.3) is 5.56 Å². The van der Waals surface area contributed by atoms with Gasteiger partial charge in [-0.25, -0.2) is 4.79 Å². The molecule has 148 valence electrons. The molecule has 0 aliphatic carbocycles. The lowest BCUT2D eigenvalue weighted by atomic mass is 9.89. The number of pyridine rings is 1. The number of hydrogen-bond donors (Lipinski definition) is 1. The van der Waals surface area contributed by atoms with Crippen LogP contribution in [0.4, 0.5) is 10.5 Å². The van der Waals surface area contributed by atoms with E-state index >= 15 is 0 Å². The van der Waals surface area contributed by atoms with E-state index in [1.165, 1.54) is 23.1 Å². The molecule has 0 saturated carbocycles. The number of hydrogen-bond acceptors (Lipinski definition) is 5. The van der Waals surface area contributed by atoms with Crippen molar-refractivity contribution in [3.05, 3.63) is 80.6 Å². The quantitative estimate of drug-likeness (QED) is 0.538. The summed E-state index contributed by atoms with van der Waals surface area (Å²) < 4.78 is 5.25. The van der Waals surface area contributed by atoms with Crippen LogP contribution in [0.15, 0.2) is 59.4 Å². The van der Waals surface area contributed by atoms with Crippen molar-refractivity contribution in [1.82, 2.24) is 9.88 Å². The van der Waals surface area contributed by atoms with Gasteiger partial charge in [0.2, 0.25) is 5.75 Å². The monoisotopic (exact) mass is 393 g/mol. The van der Waals surface area contributed by atoms with Crippen LogP contribution in [0.25, 0.3) is 10.9 Å². The van der Waals surface area contributed by atoms with Crippen LogP contribution in [-0.2, 0) is 0 Å². The topological polar surface area (TPSA) is 106 Å². The largest absolute Gasteiger partial charge is 0.415 e. The second-order valence-corrected chi connectivity index (χ2v) is 7.00. The summed E-state index contributed by atoms with van der Waals surface area (Å²) >= 11 is 0. The third kappa shape index (κ3) is 3.82. The molecule has 4 rings (SSSR count). The Morgan fingerprint density at radius 2 is 1.79 bits per heavy atom. The van der Waals surface area contributed by atoms with Crippen molar-refractivity contribution in [3.63, 3.8) is 0 Å². The molecule has 1 aliphatic heterocycles. The number of nitro groups is 1. The van der Waals surface area contributed by atoms with E-state index in [2.05, 4.69) is 4.98 Å². The number of fused-ring (bicyclic) bond motifs is 1. The Hall–Kier alpha value is -3.68. The zero-order valence-corrected chi connectivity index (χ0v) is 15.5. The Kier molecular flexibility index (Phi) is 4.99. The van der Waals surface area contributed by atoms with Crippen LogP contribution >= 0.6 is 0 Å². The van der Waals surface area contributed by atoms with Gasteiger partial charge in [0.15, 0.2) is 0 Å². The van der Waals surface area contributed by atoms with Gasteiger partial charge in [-0.15, -0.1) is 0 Å². The molecule has 8 heteroatoms. The van der Waals surface area contributed by atoms with E-state index in [1.54, 1.807) is 6.07 Å². The minimum absolute atomic E-state index is 0.0402. The Morgan fingerprint density at radius 1 is 1.10 bits per heavy atom. The maximum atomic E-state index is 12.5. The molecule has 29 heavy (non-hydrogen) atoms. The maximum Gasteiger partial charge on any atom is 0.415 e. The van der Waals surface area contributed by atoms with E-state index in [4.69, 9.17) is 4.74 Å². The predicted octanol–water partition coefficient (Wildman–Crippen LogP) is 3.81. The minimum atomic E-state index is -0.620. The molecule has 1 aromatic heterocycles. The molecule has 2 heterocycles. The van der Waals surface area contributed by atoms with Crippen LogP contribution in [0.2, 0.25) is 0 Å². The fourth-order valence-corrected chi connectivity index (χ4v) is 3.69. The first-order valence-corrected chi connectivity index (χ1v) is 9.35.